The van der Waals surface area contributed by atoms with Crippen molar-refractivity contribution in [2.24, 2.45) is 4.99 Å². The number of nitrogens with one attached hydrogen (secondary N) is 1. The van der Waals surface area contributed by atoms with Crippen molar-refractivity contribution in [2.75, 3.05) is 13.7 Å². The second kappa shape index (κ2) is 9.28. The number of ether oxygens (including phenoxy) is 2. The Morgan fingerprint density at radius 1 is 1.28 bits per heavy atom. The molecular formula is C20H14ClN3O4S. The van der Waals surface area contributed by atoms with E-state index in [1.54, 1.807) is 48.5 Å². The smallest absolute Gasteiger partial charge is 0.279 e. The molecule has 0 aliphatic carbocycles. The standard InChI is InChI=1S/C20H14ClN3O4S/c1-27-16-10-12(2-7-15(16)28-9-8-22)11-17-19(26)24-20(29-17)23-18(25)13-3-5-14(21)6-4-13/h2-7,10-11H,9H2,1H3,(H,23,24,25,26)/b17-11-. The van der Waals surface area contributed by atoms with E-state index >= 15 is 0 Å². The number of nitrogens with zero attached hydrogens (tertiary/aromatic N) is 2. The average Bonchev–Trinajstić information content (AvgIpc) is 3.05. The summed E-state index contributed by atoms with van der Waals surface area (Å²) >= 11 is 6.87. The zero-order valence-corrected chi connectivity index (χ0v) is 16.7. The lowest BCUT2D eigenvalue weighted by molar-refractivity contribution is -0.115. The van der Waals surface area contributed by atoms with Crippen LogP contribution >= 0.6 is 23.4 Å². The molecule has 1 N–H and O–H groups in total. The molecule has 1 aliphatic rings. The minimum Gasteiger partial charge on any atom is -0.493 e. The van der Waals surface area contributed by atoms with Crippen molar-refractivity contribution in [3.8, 4) is 17.6 Å². The molecule has 0 spiro atoms. The van der Waals surface area contributed by atoms with E-state index < -0.39 is 5.91 Å². The maximum atomic E-state index is 12.2. The summed E-state index contributed by atoms with van der Waals surface area (Å²) < 4.78 is 10.5. The fourth-order valence-electron chi connectivity index (χ4n) is 2.38. The minimum absolute atomic E-state index is 0.101. The summed E-state index contributed by atoms with van der Waals surface area (Å²) in [5.41, 5.74) is 1.06. The van der Waals surface area contributed by atoms with Crippen LogP contribution in [0.5, 0.6) is 11.5 Å². The number of nitriles is 1. The number of carbonyl (C=O) groups is 2. The zero-order chi connectivity index (χ0) is 20.8. The van der Waals surface area contributed by atoms with Crippen LogP contribution in [0, 0.1) is 11.3 Å². The van der Waals surface area contributed by atoms with Crippen molar-refractivity contribution >= 4 is 46.4 Å². The summed E-state index contributed by atoms with van der Waals surface area (Å²) in [6, 6.07) is 13.3. The molecule has 0 radical (unpaired) electrons. The van der Waals surface area contributed by atoms with E-state index in [-0.39, 0.29) is 17.7 Å². The predicted octanol–water partition coefficient (Wildman–Crippen LogP) is 3.65. The molecule has 2 aromatic rings. The monoisotopic (exact) mass is 427 g/mol. The van der Waals surface area contributed by atoms with Gasteiger partial charge in [-0.1, -0.05) is 17.7 Å². The average molecular weight is 428 g/mol. The van der Waals surface area contributed by atoms with Gasteiger partial charge >= 0.3 is 0 Å². The molecule has 2 aromatic carbocycles. The van der Waals surface area contributed by atoms with E-state index in [2.05, 4.69) is 10.3 Å². The number of halogens is 1. The number of hydrogen-bond acceptors (Lipinski definition) is 6. The Balaban J connectivity index is 1.77. The quantitative estimate of drug-likeness (QED) is 0.731. The molecule has 0 atom stereocenters. The Labute approximate surface area is 176 Å². The molecule has 1 aliphatic heterocycles. The van der Waals surface area contributed by atoms with E-state index in [1.807, 2.05) is 6.07 Å². The van der Waals surface area contributed by atoms with Gasteiger partial charge in [0.1, 0.15) is 6.07 Å². The normalized spacial score (nSPS) is 15.8. The second-order valence-electron chi connectivity index (χ2n) is 5.65. The van der Waals surface area contributed by atoms with Gasteiger partial charge < -0.3 is 14.8 Å². The van der Waals surface area contributed by atoms with E-state index in [0.717, 1.165) is 11.8 Å². The maximum absolute atomic E-state index is 12.2. The van der Waals surface area contributed by atoms with Crippen LogP contribution in [0.4, 0.5) is 0 Å². The number of carbonyl (C=O) groups excluding carboxylic acids is 2. The molecule has 7 nitrogen and oxygen atoms in total. The molecule has 0 aromatic heterocycles. The lowest BCUT2D eigenvalue weighted by Gasteiger charge is -2.08. The largest absolute Gasteiger partial charge is 0.493 e. The van der Waals surface area contributed by atoms with Crippen molar-refractivity contribution in [1.82, 2.24) is 5.32 Å². The van der Waals surface area contributed by atoms with Gasteiger partial charge in [-0.15, -0.1) is 0 Å². The first-order valence-corrected chi connectivity index (χ1v) is 9.47. The van der Waals surface area contributed by atoms with Crippen molar-refractivity contribution in [3.63, 3.8) is 0 Å². The molecule has 9 heteroatoms. The number of thioether (sulfide) groups is 1. The molecule has 1 heterocycles. The van der Waals surface area contributed by atoms with Gasteiger partial charge in [0.25, 0.3) is 11.8 Å². The highest BCUT2D eigenvalue weighted by Crippen LogP contribution is 2.31. The Bertz CT molecular complexity index is 1060. The maximum Gasteiger partial charge on any atom is 0.279 e. The van der Waals surface area contributed by atoms with E-state index in [9.17, 15) is 9.59 Å². The minimum atomic E-state index is -0.480. The highest BCUT2D eigenvalue weighted by molar-refractivity contribution is 8.18. The summed E-state index contributed by atoms with van der Waals surface area (Å²) in [7, 11) is 1.48. The van der Waals surface area contributed by atoms with Gasteiger partial charge in [0.15, 0.2) is 23.3 Å². The first-order chi connectivity index (χ1) is 14.0. The number of amidine groups is 1. The molecular weight excluding hydrogens is 414 g/mol. The highest BCUT2D eigenvalue weighted by Gasteiger charge is 2.25. The Hall–Kier alpha value is -3.28. The summed E-state index contributed by atoms with van der Waals surface area (Å²) in [6.45, 7) is -0.101. The summed E-state index contributed by atoms with van der Waals surface area (Å²) in [4.78, 5) is 28.8. The van der Waals surface area contributed by atoms with Gasteiger partial charge in [-0.05, 0) is 59.8 Å². The molecule has 1 fully saturated rings. The SMILES string of the molecule is COc1cc(/C=C2\SC(=NC(=O)c3ccc(Cl)cc3)NC2=O)ccc1OCC#N. The summed E-state index contributed by atoms with van der Waals surface area (Å²) in [5, 5.41) is 11.9. The van der Waals surface area contributed by atoms with Gasteiger partial charge in [0.05, 0.1) is 12.0 Å². The van der Waals surface area contributed by atoms with E-state index in [1.165, 1.54) is 7.11 Å². The lowest BCUT2D eigenvalue weighted by Crippen LogP contribution is -2.20. The van der Waals surface area contributed by atoms with Crippen LogP contribution in [-0.2, 0) is 4.79 Å². The molecule has 146 valence electrons. The third-order valence-electron chi connectivity index (χ3n) is 3.72. The number of hydrogen-bond donors (Lipinski definition) is 1. The number of rotatable bonds is 5. The number of benzene rings is 2. The van der Waals surface area contributed by atoms with Crippen LogP contribution in [0.3, 0.4) is 0 Å². The van der Waals surface area contributed by atoms with Gasteiger partial charge in [-0.3, -0.25) is 9.59 Å². The van der Waals surface area contributed by atoms with Crippen LogP contribution in [0.2, 0.25) is 5.02 Å². The molecule has 2 amide bonds. The first-order valence-electron chi connectivity index (χ1n) is 8.27. The van der Waals surface area contributed by atoms with Gasteiger partial charge in [0.2, 0.25) is 0 Å². The van der Waals surface area contributed by atoms with Crippen molar-refractivity contribution in [1.29, 1.82) is 5.26 Å². The van der Waals surface area contributed by atoms with Crippen molar-refractivity contribution in [3.05, 3.63) is 63.5 Å². The number of methoxy groups -OCH3 is 1. The van der Waals surface area contributed by atoms with Crippen LogP contribution in [0.25, 0.3) is 6.08 Å². The highest BCUT2D eigenvalue weighted by atomic mass is 35.5. The summed E-state index contributed by atoms with van der Waals surface area (Å²) in [5.74, 6) is 0.0214. The van der Waals surface area contributed by atoms with Gasteiger partial charge in [-0.2, -0.15) is 10.3 Å². The van der Waals surface area contributed by atoms with Crippen LogP contribution in [0.15, 0.2) is 52.4 Å². The fourth-order valence-corrected chi connectivity index (χ4v) is 3.33. The zero-order valence-electron chi connectivity index (χ0n) is 15.1. The van der Waals surface area contributed by atoms with Gasteiger partial charge in [0, 0.05) is 10.6 Å². The van der Waals surface area contributed by atoms with E-state index in [0.29, 0.717) is 32.6 Å². The topological polar surface area (TPSA) is 101 Å². The molecule has 1 saturated heterocycles. The van der Waals surface area contributed by atoms with Crippen molar-refractivity contribution in [2.45, 2.75) is 0 Å². The summed E-state index contributed by atoms with van der Waals surface area (Å²) in [6.07, 6.45) is 1.64. The first kappa shape index (κ1) is 20.5. The molecule has 0 bridgehead atoms. The molecule has 0 unspecified atom stereocenters. The third kappa shape index (κ3) is 5.16. The van der Waals surface area contributed by atoms with Gasteiger partial charge in [-0.25, -0.2) is 0 Å². The Morgan fingerprint density at radius 2 is 2.03 bits per heavy atom. The Morgan fingerprint density at radius 3 is 2.72 bits per heavy atom. The Kier molecular flexibility index (Phi) is 6.54. The van der Waals surface area contributed by atoms with Crippen LogP contribution < -0.4 is 14.8 Å². The predicted molar refractivity (Wildman–Crippen MR) is 111 cm³/mol. The molecule has 29 heavy (non-hydrogen) atoms. The van der Waals surface area contributed by atoms with Crippen LogP contribution in [-0.4, -0.2) is 30.7 Å². The van der Waals surface area contributed by atoms with E-state index in [4.69, 9.17) is 26.3 Å². The molecule has 3 rings (SSSR count). The second-order valence-corrected chi connectivity index (χ2v) is 7.12. The lowest BCUT2D eigenvalue weighted by atomic mass is 10.2. The third-order valence-corrected chi connectivity index (χ3v) is 4.88. The van der Waals surface area contributed by atoms with Crippen LogP contribution in [0.1, 0.15) is 15.9 Å². The number of amides is 2. The molecule has 0 saturated carbocycles. The number of aliphatic imine (C=N–C) groups is 1. The fraction of sp³-hybridized carbons (Fsp3) is 0.100. The van der Waals surface area contributed by atoms with Crippen molar-refractivity contribution < 1.29 is 19.1 Å².